The van der Waals surface area contributed by atoms with Gasteiger partial charge in [-0.15, -0.1) is 11.3 Å². The number of halogens is 3. The van der Waals surface area contributed by atoms with Crippen molar-refractivity contribution in [1.82, 2.24) is 14.5 Å². The number of carbonyl (C=O) groups excluding carboxylic acids is 1. The molecule has 1 fully saturated rings. The molecule has 1 unspecified atom stereocenters. The Hall–Kier alpha value is -1.90. The van der Waals surface area contributed by atoms with Crippen molar-refractivity contribution in [1.29, 1.82) is 0 Å². The van der Waals surface area contributed by atoms with Crippen molar-refractivity contribution in [2.24, 2.45) is 5.92 Å². The summed E-state index contributed by atoms with van der Waals surface area (Å²) in [6.45, 7) is 2.29. The molecule has 2 aromatic heterocycles. The third-order valence-corrected chi connectivity index (χ3v) is 6.45. The number of aryl methyl sites for hydroxylation is 2. The molecule has 1 atom stereocenters. The maximum absolute atomic E-state index is 13.0. The highest BCUT2D eigenvalue weighted by Gasteiger charge is 2.43. The SMILES string of the molecule is Cc1c(C(=O)N2CCCC(C(F)(F)F)C2)sc2nc3n(c(=O)c12)CCC3. The zero-order valence-electron chi connectivity index (χ0n) is 14.2. The van der Waals surface area contributed by atoms with Crippen LogP contribution in [0.5, 0.6) is 0 Å². The van der Waals surface area contributed by atoms with Gasteiger partial charge in [-0.25, -0.2) is 4.98 Å². The van der Waals surface area contributed by atoms with Crippen LogP contribution < -0.4 is 5.56 Å². The minimum absolute atomic E-state index is 0.0499. The highest BCUT2D eigenvalue weighted by molar-refractivity contribution is 7.20. The number of piperidine rings is 1. The summed E-state index contributed by atoms with van der Waals surface area (Å²) in [5.74, 6) is -1.19. The summed E-state index contributed by atoms with van der Waals surface area (Å²) >= 11 is 1.12. The molecule has 0 bridgehead atoms. The number of carbonyl (C=O) groups is 1. The van der Waals surface area contributed by atoms with Crippen LogP contribution in [0.1, 0.15) is 40.3 Å². The van der Waals surface area contributed by atoms with Crippen LogP contribution in [0.2, 0.25) is 0 Å². The average Bonchev–Trinajstić information content (AvgIpc) is 3.19. The molecular formula is C17H18F3N3O2S. The number of thiophene rings is 1. The quantitative estimate of drug-likeness (QED) is 0.758. The lowest BCUT2D eigenvalue weighted by atomic mass is 9.97. The Bertz CT molecular complexity index is 947. The highest BCUT2D eigenvalue weighted by Crippen LogP contribution is 2.35. The number of rotatable bonds is 1. The van der Waals surface area contributed by atoms with Gasteiger partial charge >= 0.3 is 6.18 Å². The van der Waals surface area contributed by atoms with Gasteiger partial charge in [0.15, 0.2) is 0 Å². The van der Waals surface area contributed by atoms with Crippen molar-refractivity contribution < 1.29 is 18.0 Å². The van der Waals surface area contributed by atoms with Crippen LogP contribution in [0, 0.1) is 12.8 Å². The van der Waals surface area contributed by atoms with Gasteiger partial charge in [-0.05, 0) is 31.7 Å². The topological polar surface area (TPSA) is 55.2 Å². The van der Waals surface area contributed by atoms with Crippen molar-refractivity contribution in [3.8, 4) is 0 Å². The van der Waals surface area contributed by atoms with Crippen molar-refractivity contribution >= 4 is 27.5 Å². The summed E-state index contributed by atoms with van der Waals surface area (Å²) in [4.78, 5) is 32.2. The van der Waals surface area contributed by atoms with Crippen LogP contribution >= 0.6 is 11.3 Å². The van der Waals surface area contributed by atoms with E-state index in [-0.39, 0.29) is 18.5 Å². The van der Waals surface area contributed by atoms with Gasteiger partial charge in [-0.2, -0.15) is 13.2 Å². The zero-order chi connectivity index (χ0) is 18.6. The number of alkyl halides is 3. The molecule has 2 aromatic rings. The molecule has 0 aliphatic carbocycles. The Morgan fingerprint density at radius 1 is 1.27 bits per heavy atom. The molecule has 1 saturated heterocycles. The van der Waals surface area contributed by atoms with E-state index in [0.29, 0.717) is 40.2 Å². The first-order valence-electron chi connectivity index (χ1n) is 8.66. The molecule has 0 radical (unpaired) electrons. The first-order valence-corrected chi connectivity index (χ1v) is 9.48. The first-order chi connectivity index (χ1) is 12.3. The summed E-state index contributed by atoms with van der Waals surface area (Å²) in [5, 5.41) is 0.424. The number of hydrogen-bond donors (Lipinski definition) is 0. The fourth-order valence-corrected chi connectivity index (χ4v) is 5.01. The highest BCUT2D eigenvalue weighted by atomic mass is 32.1. The van der Waals surface area contributed by atoms with Crippen LogP contribution in [0.15, 0.2) is 4.79 Å². The number of aromatic nitrogens is 2. The predicted octanol–water partition coefficient (Wildman–Crippen LogP) is 3.13. The molecule has 26 heavy (non-hydrogen) atoms. The normalized spacial score (nSPS) is 20.6. The summed E-state index contributed by atoms with van der Waals surface area (Å²) in [7, 11) is 0. The summed E-state index contributed by atoms with van der Waals surface area (Å²) in [6, 6.07) is 0. The Morgan fingerprint density at radius 2 is 2.04 bits per heavy atom. The van der Waals surface area contributed by atoms with Crippen LogP contribution in [0.4, 0.5) is 13.2 Å². The van der Waals surface area contributed by atoms with E-state index < -0.39 is 18.0 Å². The number of nitrogens with zero attached hydrogens (tertiary/aromatic N) is 3. The van der Waals surface area contributed by atoms with E-state index in [9.17, 15) is 22.8 Å². The molecule has 0 aromatic carbocycles. The molecule has 5 nitrogen and oxygen atoms in total. The fraction of sp³-hybridized carbons (Fsp3) is 0.588. The number of hydrogen-bond acceptors (Lipinski definition) is 4. The molecule has 2 aliphatic heterocycles. The zero-order valence-corrected chi connectivity index (χ0v) is 15.0. The van der Waals surface area contributed by atoms with Crippen molar-refractivity contribution in [2.75, 3.05) is 13.1 Å². The van der Waals surface area contributed by atoms with E-state index >= 15 is 0 Å². The van der Waals surface area contributed by atoms with Crippen molar-refractivity contribution in [2.45, 2.75) is 45.3 Å². The summed E-state index contributed by atoms with van der Waals surface area (Å²) in [6.07, 6.45) is -2.32. The maximum atomic E-state index is 13.0. The third kappa shape index (κ3) is 2.72. The van der Waals surface area contributed by atoms with Crippen LogP contribution in [0.25, 0.3) is 10.2 Å². The molecule has 2 aliphatic rings. The Kier molecular flexibility index (Phi) is 4.09. The largest absolute Gasteiger partial charge is 0.393 e. The lowest BCUT2D eigenvalue weighted by Gasteiger charge is -2.33. The molecular weight excluding hydrogens is 367 g/mol. The molecule has 140 valence electrons. The second kappa shape index (κ2) is 6.07. The van der Waals surface area contributed by atoms with E-state index in [1.165, 1.54) is 4.90 Å². The smallest absolute Gasteiger partial charge is 0.337 e. The maximum Gasteiger partial charge on any atom is 0.393 e. The average molecular weight is 385 g/mol. The number of likely N-dealkylation sites (tertiary alicyclic amines) is 1. The molecule has 4 heterocycles. The Labute approximate surface area is 151 Å². The van der Waals surface area contributed by atoms with E-state index in [1.54, 1.807) is 11.5 Å². The number of amides is 1. The van der Waals surface area contributed by atoms with E-state index in [1.807, 2.05) is 0 Å². The van der Waals surface area contributed by atoms with Gasteiger partial charge in [0.1, 0.15) is 10.7 Å². The molecule has 0 N–H and O–H groups in total. The molecule has 4 rings (SSSR count). The molecule has 9 heteroatoms. The van der Waals surface area contributed by atoms with Crippen LogP contribution in [-0.2, 0) is 13.0 Å². The van der Waals surface area contributed by atoms with Gasteiger partial charge in [-0.1, -0.05) is 0 Å². The summed E-state index contributed by atoms with van der Waals surface area (Å²) in [5.41, 5.74) is 0.381. The van der Waals surface area contributed by atoms with Gasteiger partial charge < -0.3 is 4.90 Å². The minimum atomic E-state index is -4.30. The van der Waals surface area contributed by atoms with Gasteiger partial charge in [0, 0.05) is 26.1 Å². The van der Waals surface area contributed by atoms with Gasteiger partial charge in [-0.3, -0.25) is 14.2 Å². The van der Waals surface area contributed by atoms with E-state index in [4.69, 9.17) is 0 Å². The molecule has 0 spiro atoms. The molecule has 1 amide bonds. The fourth-order valence-electron chi connectivity index (χ4n) is 3.85. The second-order valence-electron chi connectivity index (χ2n) is 6.96. The van der Waals surface area contributed by atoms with Crippen LogP contribution in [0.3, 0.4) is 0 Å². The monoisotopic (exact) mass is 385 g/mol. The van der Waals surface area contributed by atoms with E-state index in [0.717, 1.165) is 30.0 Å². The lowest BCUT2D eigenvalue weighted by Crippen LogP contribution is -2.44. The molecule has 0 saturated carbocycles. The first kappa shape index (κ1) is 17.5. The van der Waals surface area contributed by atoms with Gasteiger partial charge in [0.2, 0.25) is 0 Å². The van der Waals surface area contributed by atoms with Gasteiger partial charge in [0.25, 0.3) is 11.5 Å². The predicted molar refractivity (Wildman–Crippen MR) is 91.6 cm³/mol. The summed E-state index contributed by atoms with van der Waals surface area (Å²) < 4.78 is 40.7. The third-order valence-electron chi connectivity index (χ3n) is 5.28. The van der Waals surface area contributed by atoms with Crippen molar-refractivity contribution in [3.05, 3.63) is 26.6 Å². The Balaban J connectivity index is 1.71. The standard InChI is InChI=1S/C17H18F3N3O2S/c1-9-12-14(21-11-5-3-7-23(11)15(12)24)26-13(9)16(25)22-6-2-4-10(8-22)17(18,19)20/h10H,2-8H2,1H3. The minimum Gasteiger partial charge on any atom is -0.337 e. The second-order valence-corrected chi connectivity index (χ2v) is 7.96. The number of fused-ring (bicyclic) bond motifs is 2. The lowest BCUT2D eigenvalue weighted by molar-refractivity contribution is -0.184. The van der Waals surface area contributed by atoms with E-state index in [2.05, 4.69) is 4.98 Å². The van der Waals surface area contributed by atoms with Crippen LogP contribution in [-0.4, -0.2) is 39.6 Å². The van der Waals surface area contributed by atoms with Gasteiger partial charge in [0.05, 0.1) is 16.2 Å². The van der Waals surface area contributed by atoms with Crippen molar-refractivity contribution in [3.63, 3.8) is 0 Å². The Morgan fingerprint density at radius 3 is 2.77 bits per heavy atom.